The fraction of sp³-hybridized carbons (Fsp3) is 0.769. The van der Waals surface area contributed by atoms with Crippen molar-refractivity contribution < 1.29 is 4.74 Å². The first-order chi connectivity index (χ1) is 8.38. The zero-order valence-corrected chi connectivity index (χ0v) is 10.7. The molecule has 0 spiro atoms. The third-order valence-electron chi connectivity index (χ3n) is 3.16. The van der Waals surface area contributed by atoms with Crippen molar-refractivity contribution >= 4 is 5.69 Å². The van der Waals surface area contributed by atoms with Gasteiger partial charge < -0.3 is 10.1 Å². The number of nitrogens with zero attached hydrogens (tertiary/aromatic N) is 2. The molecule has 17 heavy (non-hydrogen) atoms. The van der Waals surface area contributed by atoms with Gasteiger partial charge in [0.2, 0.25) is 0 Å². The molecule has 1 aliphatic rings. The van der Waals surface area contributed by atoms with Gasteiger partial charge in [-0.2, -0.15) is 5.10 Å². The highest BCUT2D eigenvalue weighted by Gasteiger charge is 2.16. The third-order valence-corrected chi connectivity index (χ3v) is 3.16. The second-order valence-corrected chi connectivity index (χ2v) is 4.72. The molecular formula is C13H23N3O. The van der Waals surface area contributed by atoms with Crippen LogP contribution in [0.25, 0.3) is 0 Å². The number of hydrogen-bond donors (Lipinski definition) is 1. The summed E-state index contributed by atoms with van der Waals surface area (Å²) >= 11 is 0. The third kappa shape index (κ3) is 4.04. The minimum Gasteiger partial charge on any atom is -0.383 e. The summed E-state index contributed by atoms with van der Waals surface area (Å²) in [5, 5.41) is 7.75. The van der Waals surface area contributed by atoms with E-state index in [4.69, 9.17) is 4.74 Å². The summed E-state index contributed by atoms with van der Waals surface area (Å²) in [5.74, 6) is 0. The Kier molecular flexibility index (Phi) is 4.86. The molecule has 0 saturated carbocycles. The van der Waals surface area contributed by atoms with Crippen LogP contribution in [0.3, 0.4) is 0 Å². The normalized spacial score (nSPS) is 19.7. The molecule has 1 aromatic heterocycles. The lowest BCUT2D eigenvalue weighted by atomic mass is 10.2. The Labute approximate surface area is 103 Å². The summed E-state index contributed by atoms with van der Waals surface area (Å²) in [7, 11) is 0. The Morgan fingerprint density at radius 3 is 3.24 bits per heavy atom. The molecule has 0 radical (unpaired) electrons. The van der Waals surface area contributed by atoms with Crippen LogP contribution < -0.4 is 5.32 Å². The maximum atomic E-state index is 5.60. The van der Waals surface area contributed by atoms with E-state index in [-0.39, 0.29) is 0 Å². The fourth-order valence-corrected chi connectivity index (χ4v) is 2.16. The van der Waals surface area contributed by atoms with Crippen LogP contribution >= 0.6 is 0 Å². The van der Waals surface area contributed by atoms with Gasteiger partial charge in [0.05, 0.1) is 24.5 Å². The first-order valence-corrected chi connectivity index (χ1v) is 6.76. The maximum Gasteiger partial charge on any atom is 0.0771 e. The molecule has 1 unspecified atom stereocenters. The lowest BCUT2D eigenvalue weighted by Crippen LogP contribution is -2.15. The van der Waals surface area contributed by atoms with E-state index in [1.807, 2.05) is 10.9 Å². The van der Waals surface area contributed by atoms with Crippen molar-refractivity contribution in [3.05, 3.63) is 12.4 Å². The number of aromatic nitrogens is 2. The van der Waals surface area contributed by atoms with Crippen molar-refractivity contribution in [1.82, 2.24) is 9.78 Å². The molecule has 1 atom stereocenters. The van der Waals surface area contributed by atoms with Crippen molar-refractivity contribution in [2.75, 3.05) is 18.5 Å². The molecule has 2 heterocycles. The fourth-order valence-electron chi connectivity index (χ4n) is 2.16. The van der Waals surface area contributed by atoms with Gasteiger partial charge in [0.15, 0.2) is 0 Å². The van der Waals surface area contributed by atoms with Crippen molar-refractivity contribution in [2.24, 2.45) is 0 Å². The summed E-state index contributed by atoms with van der Waals surface area (Å²) in [6.07, 6.45) is 10.5. The van der Waals surface area contributed by atoms with Gasteiger partial charge in [0.25, 0.3) is 0 Å². The minimum absolute atomic E-state index is 0.364. The topological polar surface area (TPSA) is 39.1 Å². The molecule has 1 fully saturated rings. The van der Waals surface area contributed by atoms with E-state index < -0.39 is 0 Å². The standard InChI is InChI=1S/C13H23N3O/c1-2-3-4-7-14-12-9-15-16(10-12)11-13-6-5-8-17-13/h9-10,13-14H,2-8,11H2,1H3. The highest BCUT2D eigenvalue weighted by Crippen LogP contribution is 2.14. The summed E-state index contributed by atoms with van der Waals surface area (Å²) in [4.78, 5) is 0. The van der Waals surface area contributed by atoms with Gasteiger partial charge in [-0.05, 0) is 19.3 Å². The largest absolute Gasteiger partial charge is 0.383 e. The van der Waals surface area contributed by atoms with E-state index >= 15 is 0 Å². The molecular weight excluding hydrogens is 214 g/mol. The average Bonchev–Trinajstić information content (AvgIpc) is 2.97. The Balaban J connectivity index is 1.71. The lowest BCUT2D eigenvalue weighted by molar-refractivity contribution is 0.0940. The number of ether oxygens (including phenoxy) is 1. The van der Waals surface area contributed by atoms with Crippen molar-refractivity contribution in [3.8, 4) is 0 Å². The molecule has 0 amide bonds. The van der Waals surface area contributed by atoms with Gasteiger partial charge in [-0.15, -0.1) is 0 Å². The van der Waals surface area contributed by atoms with Crippen molar-refractivity contribution in [1.29, 1.82) is 0 Å². The Bertz CT molecular complexity index is 318. The zero-order valence-electron chi connectivity index (χ0n) is 10.7. The van der Waals surface area contributed by atoms with Crippen LogP contribution in [-0.4, -0.2) is 29.0 Å². The van der Waals surface area contributed by atoms with Crippen LogP contribution in [0.2, 0.25) is 0 Å². The number of nitrogens with one attached hydrogen (secondary N) is 1. The average molecular weight is 237 g/mol. The van der Waals surface area contributed by atoms with Gasteiger partial charge >= 0.3 is 0 Å². The predicted octanol–water partition coefficient (Wildman–Crippen LogP) is 2.66. The SMILES string of the molecule is CCCCCNc1cnn(CC2CCCO2)c1. The smallest absolute Gasteiger partial charge is 0.0771 e. The van der Waals surface area contributed by atoms with Crippen LogP contribution in [0.5, 0.6) is 0 Å². The monoisotopic (exact) mass is 237 g/mol. The second-order valence-electron chi connectivity index (χ2n) is 4.72. The molecule has 0 aromatic carbocycles. The second kappa shape index (κ2) is 6.64. The number of anilines is 1. The summed E-state index contributed by atoms with van der Waals surface area (Å²) in [6, 6.07) is 0. The first kappa shape index (κ1) is 12.4. The number of hydrogen-bond acceptors (Lipinski definition) is 3. The first-order valence-electron chi connectivity index (χ1n) is 6.76. The highest BCUT2D eigenvalue weighted by molar-refractivity contribution is 5.37. The highest BCUT2D eigenvalue weighted by atomic mass is 16.5. The molecule has 0 aliphatic carbocycles. The summed E-state index contributed by atoms with van der Waals surface area (Å²) in [5.41, 5.74) is 1.12. The van der Waals surface area contributed by atoms with Gasteiger partial charge in [0.1, 0.15) is 0 Å². The van der Waals surface area contributed by atoms with Crippen molar-refractivity contribution in [2.45, 2.75) is 51.7 Å². The molecule has 96 valence electrons. The number of unbranched alkanes of at least 4 members (excludes halogenated alkanes) is 2. The van der Waals surface area contributed by atoms with E-state index in [2.05, 4.69) is 23.5 Å². The van der Waals surface area contributed by atoms with Gasteiger partial charge in [-0.3, -0.25) is 4.68 Å². The van der Waals surface area contributed by atoms with Crippen LogP contribution in [0.1, 0.15) is 39.0 Å². The van der Waals surface area contributed by atoms with E-state index in [1.165, 1.54) is 32.1 Å². The van der Waals surface area contributed by atoms with E-state index in [1.54, 1.807) is 0 Å². The molecule has 1 saturated heterocycles. The van der Waals surface area contributed by atoms with Crippen LogP contribution in [0.15, 0.2) is 12.4 Å². The van der Waals surface area contributed by atoms with E-state index in [0.717, 1.165) is 25.4 Å². The molecule has 4 nitrogen and oxygen atoms in total. The van der Waals surface area contributed by atoms with E-state index in [0.29, 0.717) is 6.10 Å². The Morgan fingerprint density at radius 1 is 1.53 bits per heavy atom. The molecule has 4 heteroatoms. The number of rotatable bonds is 7. The zero-order chi connectivity index (χ0) is 11.9. The maximum absolute atomic E-state index is 5.60. The van der Waals surface area contributed by atoms with Gasteiger partial charge in [-0.25, -0.2) is 0 Å². The Morgan fingerprint density at radius 2 is 2.47 bits per heavy atom. The summed E-state index contributed by atoms with van der Waals surface area (Å²) < 4.78 is 7.58. The molecule has 1 aliphatic heterocycles. The van der Waals surface area contributed by atoms with Crippen LogP contribution in [0.4, 0.5) is 5.69 Å². The molecule has 0 bridgehead atoms. The lowest BCUT2D eigenvalue weighted by Gasteiger charge is -2.08. The molecule has 2 rings (SSSR count). The van der Waals surface area contributed by atoms with E-state index in [9.17, 15) is 0 Å². The summed E-state index contributed by atoms with van der Waals surface area (Å²) in [6.45, 7) is 5.06. The minimum atomic E-state index is 0.364. The van der Waals surface area contributed by atoms with Gasteiger partial charge in [-0.1, -0.05) is 19.8 Å². The van der Waals surface area contributed by atoms with Gasteiger partial charge in [0, 0.05) is 19.3 Å². The molecule has 1 N–H and O–H groups in total. The van der Waals surface area contributed by atoms with Crippen molar-refractivity contribution in [3.63, 3.8) is 0 Å². The van der Waals surface area contributed by atoms with Crippen LogP contribution in [-0.2, 0) is 11.3 Å². The quantitative estimate of drug-likeness (QED) is 0.741. The Hall–Kier alpha value is -1.03. The van der Waals surface area contributed by atoms with Crippen LogP contribution in [0, 0.1) is 0 Å². The molecule has 1 aromatic rings. The predicted molar refractivity (Wildman–Crippen MR) is 69.2 cm³/mol.